The predicted molar refractivity (Wildman–Crippen MR) is 105 cm³/mol. The Bertz CT molecular complexity index is 861. The van der Waals surface area contributed by atoms with E-state index in [4.69, 9.17) is 0 Å². The van der Waals surface area contributed by atoms with E-state index in [0.717, 1.165) is 11.4 Å². The number of carbonyl (C=O) groups excluding carboxylic acids is 1. The molecular formula is C20H21N5O. The van der Waals surface area contributed by atoms with Crippen molar-refractivity contribution >= 4 is 28.8 Å². The van der Waals surface area contributed by atoms with Gasteiger partial charge in [0.2, 0.25) is 0 Å². The third-order valence-corrected chi connectivity index (χ3v) is 4.01. The SMILES string of the molecule is CN(C)c1ccc(NC(=O)c2ccc(N(C)c3ccccc3)nn2)cc1. The number of rotatable bonds is 5. The van der Waals surface area contributed by atoms with Crippen molar-refractivity contribution in [1.29, 1.82) is 0 Å². The van der Waals surface area contributed by atoms with Crippen molar-refractivity contribution in [3.8, 4) is 0 Å². The second-order valence-electron chi connectivity index (χ2n) is 6.07. The lowest BCUT2D eigenvalue weighted by atomic mass is 10.2. The minimum Gasteiger partial charge on any atom is -0.378 e. The maximum atomic E-state index is 12.3. The summed E-state index contributed by atoms with van der Waals surface area (Å²) in [5.74, 6) is 0.382. The van der Waals surface area contributed by atoms with Gasteiger partial charge in [-0.1, -0.05) is 18.2 Å². The second kappa shape index (κ2) is 7.65. The smallest absolute Gasteiger partial charge is 0.276 e. The normalized spacial score (nSPS) is 10.3. The van der Waals surface area contributed by atoms with E-state index in [2.05, 4.69) is 15.5 Å². The largest absolute Gasteiger partial charge is 0.378 e. The van der Waals surface area contributed by atoms with Crippen molar-refractivity contribution in [3.05, 3.63) is 72.4 Å². The summed E-state index contributed by atoms with van der Waals surface area (Å²) >= 11 is 0. The number of carbonyl (C=O) groups is 1. The molecule has 0 aliphatic carbocycles. The fourth-order valence-corrected chi connectivity index (χ4v) is 2.45. The first-order chi connectivity index (χ1) is 12.5. The minimum atomic E-state index is -0.288. The fraction of sp³-hybridized carbons (Fsp3) is 0.150. The van der Waals surface area contributed by atoms with Crippen molar-refractivity contribution < 1.29 is 4.79 Å². The molecular weight excluding hydrogens is 326 g/mol. The van der Waals surface area contributed by atoms with Crippen LogP contribution in [0.15, 0.2) is 66.7 Å². The molecule has 0 bridgehead atoms. The van der Waals surface area contributed by atoms with Gasteiger partial charge in [-0.25, -0.2) is 0 Å². The van der Waals surface area contributed by atoms with E-state index in [0.29, 0.717) is 11.5 Å². The van der Waals surface area contributed by atoms with Crippen molar-refractivity contribution in [3.63, 3.8) is 0 Å². The minimum absolute atomic E-state index is 0.270. The lowest BCUT2D eigenvalue weighted by Crippen LogP contribution is -2.17. The molecule has 3 rings (SSSR count). The van der Waals surface area contributed by atoms with Gasteiger partial charge >= 0.3 is 0 Å². The van der Waals surface area contributed by atoms with Gasteiger partial charge in [0.05, 0.1) is 0 Å². The van der Waals surface area contributed by atoms with Gasteiger partial charge in [0.1, 0.15) is 0 Å². The number of hydrogen-bond donors (Lipinski definition) is 1. The highest BCUT2D eigenvalue weighted by Crippen LogP contribution is 2.20. The molecule has 0 unspecified atom stereocenters. The molecule has 0 atom stereocenters. The molecule has 0 saturated heterocycles. The van der Waals surface area contributed by atoms with Gasteiger partial charge in [-0.2, -0.15) is 0 Å². The van der Waals surface area contributed by atoms with Crippen molar-refractivity contribution in [1.82, 2.24) is 10.2 Å². The Hall–Kier alpha value is -3.41. The summed E-state index contributed by atoms with van der Waals surface area (Å²) in [6, 6.07) is 20.9. The van der Waals surface area contributed by atoms with E-state index < -0.39 is 0 Å². The fourth-order valence-electron chi connectivity index (χ4n) is 2.45. The number of aromatic nitrogens is 2. The summed E-state index contributed by atoms with van der Waals surface area (Å²) in [6.45, 7) is 0. The van der Waals surface area contributed by atoms with Crippen LogP contribution in [-0.2, 0) is 0 Å². The van der Waals surface area contributed by atoms with Crippen LogP contribution in [0.4, 0.5) is 22.9 Å². The summed E-state index contributed by atoms with van der Waals surface area (Å²) in [4.78, 5) is 16.3. The van der Waals surface area contributed by atoms with Crippen LogP contribution >= 0.6 is 0 Å². The highest BCUT2D eigenvalue weighted by Gasteiger charge is 2.11. The van der Waals surface area contributed by atoms with Gasteiger partial charge in [-0.3, -0.25) is 4.79 Å². The molecule has 3 aromatic rings. The molecule has 6 heteroatoms. The van der Waals surface area contributed by atoms with E-state index in [9.17, 15) is 4.79 Å². The molecule has 0 aliphatic heterocycles. The Morgan fingerprint density at radius 3 is 2.08 bits per heavy atom. The Morgan fingerprint density at radius 2 is 1.50 bits per heavy atom. The summed E-state index contributed by atoms with van der Waals surface area (Å²) in [5, 5.41) is 11.0. The maximum Gasteiger partial charge on any atom is 0.276 e. The number of para-hydroxylation sites is 1. The number of benzene rings is 2. The summed E-state index contributed by atoms with van der Waals surface area (Å²) in [7, 11) is 5.85. The van der Waals surface area contributed by atoms with Crippen molar-refractivity contribution in [2.24, 2.45) is 0 Å². The topological polar surface area (TPSA) is 61.4 Å². The molecule has 0 fully saturated rings. The van der Waals surface area contributed by atoms with Crippen LogP contribution in [0.5, 0.6) is 0 Å². The van der Waals surface area contributed by atoms with Crippen LogP contribution in [-0.4, -0.2) is 37.2 Å². The highest BCUT2D eigenvalue weighted by atomic mass is 16.1. The number of nitrogens with zero attached hydrogens (tertiary/aromatic N) is 4. The molecule has 1 aromatic heterocycles. The average molecular weight is 347 g/mol. The molecule has 0 spiro atoms. The molecule has 6 nitrogen and oxygen atoms in total. The molecule has 0 saturated carbocycles. The third-order valence-electron chi connectivity index (χ3n) is 4.01. The van der Waals surface area contributed by atoms with Crippen LogP contribution in [0.2, 0.25) is 0 Å². The molecule has 26 heavy (non-hydrogen) atoms. The summed E-state index contributed by atoms with van der Waals surface area (Å²) in [5.41, 5.74) is 3.05. The zero-order chi connectivity index (χ0) is 18.5. The van der Waals surface area contributed by atoms with Gasteiger partial charge < -0.3 is 15.1 Å². The first-order valence-corrected chi connectivity index (χ1v) is 8.26. The van der Waals surface area contributed by atoms with E-state index in [-0.39, 0.29) is 11.6 Å². The van der Waals surface area contributed by atoms with Crippen LogP contribution in [0.25, 0.3) is 0 Å². The van der Waals surface area contributed by atoms with Crippen molar-refractivity contribution in [2.45, 2.75) is 0 Å². The Morgan fingerprint density at radius 1 is 0.808 bits per heavy atom. The van der Waals surface area contributed by atoms with Crippen LogP contribution in [0, 0.1) is 0 Å². The number of anilines is 4. The average Bonchev–Trinajstić information content (AvgIpc) is 2.68. The molecule has 132 valence electrons. The number of amides is 1. The molecule has 0 radical (unpaired) electrons. The van der Waals surface area contributed by atoms with Gasteiger partial charge in [0.15, 0.2) is 11.5 Å². The van der Waals surface area contributed by atoms with Crippen LogP contribution in [0.3, 0.4) is 0 Å². The van der Waals surface area contributed by atoms with Gasteiger partial charge in [-0.15, -0.1) is 10.2 Å². The van der Waals surface area contributed by atoms with Gasteiger partial charge in [0, 0.05) is 38.2 Å². The highest BCUT2D eigenvalue weighted by molar-refractivity contribution is 6.02. The van der Waals surface area contributed by atoms with Crippen molar-refractivity contribution in [2.75, 3.05) is 36.3 Å². The van der Waals surface area contributed by atoms with Gasteiger partial charge in [-0.05, 0) is 48.5 Å². The van der Waals surface area contributed by atoms with Gasteiger partial charge in [0.25, 0.3) is 5.91 Å². The molecule has 0 aliphatic rings. The van der Waals surface area contributed by atoms with E-state index in [1.807, 2.05) is 85.5 Å². The molecule has 1 N–H and O–H groups in total. The number of nitrogens with one attached hydrogen (secondary N) is 1. The first-order valence-electron chi connectivity index (χ1n) is 8.26. The molecule has 1 amide bonds. The van der Waals surface area contributed by atoms with E-state index in [1.165, 1.54) is 0 Å². The lowest BCUT2D eigenvalue weighted by Gasteiger charge is -2.17. The molecule has 1 heterocycles. The van der Waals surface area contributed by atoms with E-state index >= 15 is 0 Å². The summed E-state index contributed by atoms with van der Waals surface area (Å²) < 4.78 is 0. The standard InChI is InChI=1S/C20H21N5O/c1-24(2)16-11-9-15(10-12-16)21-20(26)18-13-14-19(23-22-18)25(3)17-7-5-4-6-8-17/h4-14H,1-3H3,(H,21,26). The Kier molecular flexibility index (Phi) is 5.12. The first kappa shape index (κ1) is 17.4. The van der Waals surface area contributed by atoms with Crippen LogP contribution in [0.1, 0.15) is 10.5 Å². The van der Waals surface area contributed by atoms with Crippen LogP contribution < -0.4 is 15.1 Å². The lowest BCUT2D eigenvalue weighted by molar-refractivity contribution is 0.102. The zero-order valence-electron chi connectivity index (χ0n) is 15.0. The Balaban J connectivity index is 1.69. The van der Waals surface area contributed by atoms with E-state index in [1.54, 1.807) is 12.1 Å². The molecule has 2 aromatic carbocycles. The summed E-state index contributed by atoms with van der Waals surface area (Å²) in [6.07, 6.45) is 0. The predicted octanol–water partition coefficient (Wildman–Crippen LogP) is 3.56. The quantitative estimate of drug-likeness (QED) is 0.765. The maximum absolute atomic E-state index is 12.3. The second-order valence-corrected chi connectivity index (χ2v) is 6.07. The zero-order valence-corrected chi connectivity index (χ0v) is 15.0. The monoisotopic (exact) mass is 347 g/mol. The Labute approximate surface area is 153 Å². The number of hydrogen-bond acceptors (Lipinski definition) is 5. The third kappa shape index (κ3) is 3.97.